The van der Waals surface area contributed by atoms with Crippen LogP contribution < -0.4 is 5.73 Å². The van der Waals surface area contributed by atoms with Crippen LogP contribution in [0.15, 0.2) is 0 Å². The van der Waals surface area contributed by atoms with E-state index in [1.165, 1.54) is 0 Å². The quantitative estimate of drug-likeness (QED) is 0.773. The maximum absolute atomic E-state index is 12.2. The Morgan fingerprint density at radius 1 is 1.27 bits per heavy atom. The van der Waals surface area contributed by atoms with Gasteiger partial charge in [-0.25, -0.2) is 0 Å². The van der Waals surface area contributed by atoms with E-state index in [2.05, 4.69) is 0 Å². The van der Waals surface area contributed by atoms with Crippen molar-refractivity contribution in [2.75, 3.05) is 44.8 Å². The molecule has 2 heterocycles. The largest absolute Gasteiger partial charge is 0.368 e. The van der Waals surface area contributed by atoms with Gasteiger partial charge in [0.2, 0.25) is 5.91 Å². The van der Waals surface area contributed by atoms with E-state index >= 15 is 0 Å². The number of nitrogens with zero attached hydrogens (tertiary/aromatic N) is 2. The van der Waals surface area contributed by atoms with Crippen LogP contribution in [0.2, 0.25) is 0 Å². The third-order valence-electron chi connectivity index (χ3n) is 4.06. The maximum atomic E-state index is 12.2. The van der Waals surface area contributed by atoms with Crippen molar-refractivity contribution < 1.29 is 14.3 Å². The molecule has 2 rings (SSSR count). The van der Waals surface area contributed by atoms with Gasteiger partial charge >= 0.3 is 0 Å². The van der Waals surface area contributed by atoms with Crippen molar-refractivity contribution in [3.63, 3.8) is 0 Å². The lowest BCUT2D eigenvalue weighted by Crippen LogP contribution is -2.55. The summed E-state index contributed by atoms with van der Waals surface area (Å²) in [5.41, 5.74) is 5.92. The molecule has 2 aliphatic heterocycles. The summed E-state index contributed by atoms with van der Waals surface area (Å²) in [6.07, 6.45) is 4.22. The zero-order valence-electron chi connectivity index (χ0n) is 13.0. The van der Waals surface area contributed by atoms with Crippen molar-refractivity contribution in [3.05, 3.63) is 0 Å². The molecule has 0 spiro atoms. The number of piperazine rings is 1. The molecular formula is C14H26ClN3O3S. The Balaban J connectivity index is 0.00000242. The zero-order valence-corrected chi connectivity index (χ0v) is 14.7. The van der Waals surface area contributed by atoms with Crippen molar-refractivity contribution in [1.82, 2.24) is 9.80 Å². The summed E-state index contributed by atoms with van der Waals surface area (Å²) < 4.78 is 5.43. The number of nitrogens with two attached hydrogens (primary N) is 1. The second-order valence-electron chi connectivity index (χ2n) is 5.54. The molecule has 1 unspecified atom stereocenters. The van der Waals surface area contributed by atoms with E-state index in [-0.39, 0.29) is 30.3 Å². The second-order valence-corrected chi connectivity index (χ2v) is 6.53. The number of hydrogen-bond donors (Lipinski definition) is 1. The minimum absolute atomic E-state index is 0. The fourth-order valence-electron chi connectivity index (χ4n) is 2.73. The third-order valence-corrected chi connectivity index (χ3v) is 4.70. The first kappa shape index (κ1) is 19.5. The minimum Gasteiger partial charge on any atom is -0.368 e. The highest BCUT2D eigenvalue weighted by atomic mass is 35.5. The van der Waals surface area contributed by atoms with Gasteiger partial charge in [0, 0.05) is 32.8 Å². The Hall–Kier alpha value is -0.500. The summed E-state index contributed by atoms with van der Waals surface area (Å²) in [6.45, 7) is 2.99. The normalized spacial score (nSPS) is 23.1. The van der Waals surface area contributed by atoms with Crippen molar-refractivity contribution in [2.45, 2.75) is 31.4 Å². The highest BCUT2D eigenvalue weighted by Crippen LogP contribution is 2.16. The van der Waals surface area contributed by atoms with Crippen molar-refractivity contribution in [1.29, 1.82) is 0 Å². The Morgan fingerprint density at radius 2 is 1.91 bits per heavy atom. The first-order valence-corrected chi connectivity index (χ1v) is 8.96. The molecule has 0 saturated carbocycles. The van der Waals surface area contributed by atoms with Gasteiger partial charge in [-0.3, -0.25) is 9.59 Å². The molecule has 2 amide bonds. The Bertz CT molecular complexity index is 372. The Morgan fingerprint density at radius 3 is 2.45 bits per heavy atom. The molecule has 0 aromatic rings. The van der Waals surface area contributed by atoms with E-state index in [0.717, 1.165) is 18.6 Å². The molecule has 2 atom stereocenters. The van der Waals surface area contributed by atoms with Gasteiger partial charge in [0.25, 0.3) is 5.91 Å². The number of halogens is 1. The fraction of sp³-hybridized carbons (Fsp3) is 0.857. The average Bonchev–Trinajstić information content (AvgIpc) is 3.05. The van der Waals surface area contributed by atoms with Crippen LogP contribution in [-0.2, 0) is 14.3 Å². The lowest BCUT2D eigenvalue weighted by molar-refractivity contribution is -0.146. The number of amides is 2. The predicted octanol–water partition coefficient (Wildman–Crippen LogP) is 0.338. The number of carbonyl (C=O) groups excluding carboxylic acids is 2. The maximum Gasteiger partial charge on any atom is 0.251 e. The molecule has 128 valence electrons. The lowest BCUT2D eigenvalue weighted by atomic mass is 10.1. The smallest absolute Gasteiger partial charge is 0.251 e. The number of rotatable bonds is 5. The molecule has 0 aliphatic carbocycles. The van der Waals surface area contributed by atoms with Crippen LogP contribution in [0, 0.1) is 0 Å². The standard InChI is InChI=1S/C14H25N3O3S.ClH/c1-21-10-4-11(15)13(18)16-5-7-17(8-6-16)14(19)12-3-2-9-20-12;/h11-12H,2-10,15H2,1H3;1H/t11-,12?;/m0./s1. The summed E-state index contributed by atoms with van der Waals surface area (Å²) in [6, 6.07) is -0.419. The average molecular weight is 352 g/mol. The molecule has 2 fully saturated rings. The summed E-state index contributed by atoms with van der Waals surface area (Å²) in [5, 5.41) is 0. The van der Waals surface area contributed by atoms with E-state index in [1.807, 2.05) is 11.2 Å². The summed E-state index contributed by atoms with van der Waals surface area (Å²) >= 11 is 1.69. The van der Waals surface area contributed by atoms with Crippen molar-refractivity contribution in [3.8, 4) is 0 Å². The fourth-order valence-corrected chi connectivity index (χ4v) is 3.22. The first-order valence-electron chi connectivity index (χ1n) is 7.57. The monoisotopic (exact) mass is 351 g/mol. The summed E-state index contributed by atoms with van der Waals surface area (Å²) in [7, 11) is 0. The van der Waals surface area contributed by atoms with Gasteiger partial charge in [-0.1, -0.05) is 0 Å². The zero-order chi connectivity index (χ0) is 15.2. The van der Waals surface area contributed by atoms with Gasteiger partial charge in [-0.05, 0) is 31.3 Å². The highest BCUT2D eigenvalue weighted by Gasteiger charge is 2.32. The molecular weight excluding hydrogens is 326 g/mol. The van der Waals surface area contributed by atoms with Gasteiger partial charge < -0.3 is 20.3 Å². The summed E-state index contributed by atoms with van der Waals surface area (Å²) in [4.78, 5) is 28.0. The summed E-state index contributed by atoms with van der Waals surface area (Å²) in [5.74, 6) is 0.976. The van der Waals surface area contributed by atoms with E-state index < -0.39 is 6.04 Å². The number of carbonyl (C=O) groups is 2. The van der Waals surface area contributed by atoms with Crippen molar-refractivity contribution in [2.24, 2.45) is 5.73 Å². The van der Waals surface area contributed by atoms with E-state index in [1.54, 1.807) is 16.7 Å². The van der Waals surface area contributed by atoms with Crippen LogP contribution in [0.25, 0.3) is 0 Å². The van der Waals surface area contributed by atoms with Crippen LogP contribution in [0.1, 0.15) is 19.3 Å². The first-order chi connectivity index (χ1) is 10.1. The number of hydrogen-bond acceptors (Lipinski definition) is 5. The highest BCUT2D eigenvalue weighted by molar-refractivity contribution is 7.98. The third kappa shape index (κ3) is 5.01. The van der Waals surface area contributed by atoms with E-state index in [4.69, 9.17) is 10.5 Å². The molecule has 8 heteroatoms. The van der Waals surface area contributed by atoms with Crippen LogP contribution in [0.5, 0.6) is 0 Å². The van der Waals surface area contributed by atoms with Gasteiger partial charge in [0.05, 0.1) is 6.04 Å². The van der Waals surface area contributed by atoms with Crippen LogP contribution in [-0.4, -0.2) is 78.6 Å². The minimum atomic E-state index is -0.419. The van der Waals surface area contributed by atoms with E-state index in [0.29, 0.717) is 39.2 Å². The Kier molecular flexibility index (Phi) is 8.53. The van der Waals surface area contributed by atoms with Crippen molar-refractivity contribution >= 4 is 36.0 Å². The lowest BCUT2D eigenvalue weighted by Gasteiger charge is -2.36. The molecule has 0 aromatic heterocycles. The Labute approximate surface area is 142 Å². The molecule has 2 saturated heterocycles. The molecule has 2 N–H and O–H groups in total. The number of thioether (sulfide) groups is 1. The van der Waals surface area contributed by atoms with Gasteiger partial charge in [0.15, 0.2) is 0 Å². The molecule has 22 heavy (non-hydrogen) atoms. The van der Waals surface area contributed by atoms with Gasteiger partial charge in [-0.15, -0.1) is 12.4 Å². The molecule has 0 radical (unpaired) electrons. The van der Waals surface area contributed by atoms with Crippen LogP contribution in [0.3, 0.4) is 0 Å². The molecule has 6 nitrogen and oxygen atoms in total. The van der Waals surface area contributed by atoms with Crippen LogP contribution >= 0.6 is 24.2 Å². The van der Waals surface area contributed by atoms with Gasteiger partial charge in [0.1, 0.15) is 6.10 Å². The molecule has 2 aliphatic rings. The number of ether oxygens (including phenoxy) is 1. The van der Waals surface area contributed by atoms with Gasteiger partial charge in [-0.2, -0.15) is 11.8 Å². The van der Waals surface area contributed by atoms with Crippen LogP contribution in [0.4, 0.5) is 0 Å². The molecule has 0 bridgehead atoms. The van der Waals surface area contributed by atoms with E-state index in [9.17, 15) is 9.59 Å². The predicted molar refractivity (Wildman–Crippen MR) is 90.4 cm³/mol. The SMILES string of the molecule is CSCC[C@H](N)C(=O)N1CCN(C(=O)C2CCCO2)CC1.Cl. The topological polar surface area (TPSA) is 75.9 Å². The molecule has 0 aromatic carbocycles. The second kappa shape index (κ2) is 9.60.